The van der Waals surface area contributed by atoms with Crippen molar-refractivity contribution in [3.05, 3.63) is 59.8 Å². The SMILES string of the molecule is O=C(NCc1ccc(OCC(F)(F)F)nc1)N1CCCN(Cc2ccccc2)CC1. The Balaban J connectivity index is 1.42. The maximum Gasteiger partial charge on any atom is 0.422 e. The van der Waals surface area contributed by atoms with Crippen LogP contribution in [0.15, 0.2) is 48.7 Å². The van der Waals surface area contributed by atoms with Crippen LogP contribution in [0.4, 0.5) is 18.0 Å². The summed E-state index contributed by atoms with van der Waals surface area (Å²) in [5.74, 6) is -0.103. The number of pyridine rings is 1. The molecule has 1 aliphatic heterocycles. The van der Waals surface area contributed by atoms with Crippen molar-refractivity contribution < 1.29 is 22.7 Å². The van der Waals surface area contributed by atoms with Gasteiger partial charge in [0, 0.05) is 51.5 Å². The summed E-state index contributed by atoms with van der Waals surface area (Å²) < 4.78 is 41.1. The maximum atomic E-state index is 12.5. The lowest BCUT2D eigenvalue weighted by molar-refractivity contribution is -0.154. The van der Waals surface area contributed by atoms with Crippen LogP contribution in [0.5, 0.6) is 5.88 Å². The zero-order chi connectivity index (χ0) is 21.4. The molecule has 0 aliphatic carbocycles. The number of ether oxygens (including phenoxy) is 1. The number of carbonyl (C=O) groups excluding carboxylic acids is 1. The van der Waals surface area contributed by atoms with Gasteiger partial charge in [-0.15, -0.1) is 0 Å². The van der Waals surface area contributed by atoms with E-state index in [1.54, 1.807) is 11.0 Å². The van der Waals surface area contributed by atoms with Gasteiger partial charge in [0.15, 0.2) is 6.61 Å². The second-order valence-electron chi connectivity index (χ2n) is 7.17. The lowest BCUT2D eigenvalue weighted by atomic mass is 10.2. The minimum absolute atomic E-state index is 0.103. The van der Waals surface area contributed by atoms with Crippen molar-refractivity contribution in [2.75, 3.05) is 32.8 Å². The molecule has 2 heterocycles. The molecule has 1 saturated heterocycles. The minimum atomic E-state index is -4.40. The summed E-state index contributed by atoms with van der Waals surface area (Å²) in [6.07, 6.45) is -2.11. The monoisotopic (exact) mass is 422 g/mol. The second-order valence-corrected chi connectivity index (χ2v) is 7.17. The number of aromatic nitrogens is 1. The second kappa shape index (κ2) is 10.3. The van der Waals surface area contributed by atoms with Crippen molar-refractivity contribution in [2.24, 2.45) is 0 Å². The van der Waals surface area contributed by atoms with Crippen LogP contribution in [0.2, 0.25) is 0 Å². The average Bonchev–Trinajstić information content (AvgIpc) is 2.97. The fourth-order valence-corrected chi connectivity index (χ4v) is 3.22. The Labute approximate surface area is 173 Å². The lowest BCUT2D eigenvalue weighted by Crippen LogP contribution is -2.41. The van der Waals surface area contributed by atoms with E-state index in [0.717, 1.165) is 26.1 Å². The Hall–Kier alpha value is -2.81. The van der Waals surface area contributed by atoms with E-state index in [9.17, 15) is 18.0 Å². The summed E-state index contributed by atoms with van der Waals surface area (Å²) in [4.78, 5) is 20.5. The molecule has 30 heavy (non-hydrogen) atoms. The molecular weight excluding hydrogens is 397 g/mol. The molecule has 1 N–H and O–H groups in total. The standard InChI is InChI=1S/C21H25F3N4O2/c22-21(23,24)16-30-19-8-7-18(13-25-19)14-26-20(29)28-10-4-9-27(11-12-28)15-17-5-2-1-3-6-17/h1-3,5-8,13H,4,9-12,14-16H2,(H,26,29). The van der Waals surface area contributed by atoms with Crippen molar-refractivity contribution in [1.29, 1.82) is 0 Å². The van der Waals surface area contributed by atoms with E-state index in [1.807, 2.05) is 18.2 Å². The summed E-state index contributed by atoms with van der Waals surface area (Å²) in [6.45, 7) is 2.78. The van der Waals surface area contributed by atoms with Gasteiger partial charge in [0.1, 0.15) is 0 Å². The number of amides is 2. The molecule has 0 saturated carbocycles. The number of benzene rings is 1. The number of urea groups is 1. The first-order valence-corrected chi connectivity index (χ1v) is 9.82. The molecule has 162 valence electrons. The largest absolute Gasteiger partial charge is 0.468 e. The Morgan fingerprint density at radius 2 is 1.83 bits per heavy atom. The van der Waals surface area contributed by atoms with E-state index in [0.29, 0.717) is 18.7 Å². The predicted molar refractivity (Wildman–Crippen MR) is 106 cm³/mol. The first-order valence-electron chi connectivity index (χ1n) is 9.82. The number of nitrogens with one attached hydrogen (secondary N) is 1. The number of alkyl halides is 3. The zero-order valence-corrected chi connectivity index (χ0v) is 16.6. The molecule has 6 nitrogen and oxygen atoms in total. The number of rotatable bonds is 6. The van der Waals surface area contributed by atoms with Crippen LogP contribution in [0.3, 0.4) is 0 Å². The molecule has 0 spiro atoms. The van der Waals surface area contributed by atoms with Crippen LogP contribution < -0.4 is 10.1 Å². The van der Waals surface area contributed by atoms with Gasteiger partial charge in [-0.1, -0.05) is 36.4 Å². The summed E-state index contributed by atoms with van der Waals surface area (Å²) in [6, 6.07) is 13.0. The topological polar surface area (TPSA) is 57.7 Å². The highest BCUT2D eigenvalue weighted by molar-refractivity contribution is 5.74. The fourth-order valence-electron chi connectivity index (χ4n) is 3.22. The maximum absolute atomic E-state index is 12.5. The fraction of sp³-hybridized carbons (Fsp3) is 0.429. The highest BCUT2D eigenvalue weighted by atomic mass is 19.4. The van der Waals surface area contributed by atoms with E-state index < -0.39 is 12.8 Å². The Morgan fingerprint density at radius 1 is 1.03 bits per heavy atom. The third kappa shape index (κ3) is 7.22. The van der Waals surface area contributed by atoms with Crippen LogP contribution in [0.1, 0.15) is 17.5 Å². The van der Waals surface area contributed by atoms with Crippen LogP contribution in [0.25, 0.3) is 0 Å². The van der Waals surface area contributed by atoms with Crippen LogP contribution in [-0.2, 0) is 13.1 Å². The van der Waals surface area contributed by atoms with E-state index in [-0.39, 0.29) is 18.5 Å². The third-order valence-electron chi connectivity index (χ3n) is 4.75. The molecule has 0 radical (unpaired) electrons. The molecule has 2 amide bonds. The lowest BCUT2D eigenvalue weighted by Gasteiger charge is -2.22. The molecular formula is C21H25F3N4O2. The van der Waals surface area contributed by atoms with Crippen molar-refractivity contribution in [1.82, 2.24) is 20.1 Å². The summed E-state index contributed by atoms with van der Waals surface area (Å²) >= 11 is 0. The number of halogens is 3. The van der Waals surface area contributed by atoms with Gasteiger partial charge < -0.3 is 15.0 Å². The highest BCUT2D eigenvalue weighted by Gasteiger charge is 2.28. The molecule has 2 aromatic rings. The van der Waals surface area contributed by atoms with Gasteiger partial charge in [-0.2, -0.15) is 13.2 Å². The molecule has 3 rings (SSSR count). The Morgan fingerprint density at radius 3 is 2.53 bits per heavy atom. The number of hydrogen-bond donors (Lipinski definition) is 1. The molecule has 0 atom stereocenters. The quantitative estimate of drug-likeness (QED) is 0.775. The van der Waals surface area contributed by atoms with Gasteiger partial charge in [0.2, 0.25) is 5.88 Å². The third-order valence-corrected chi connectivity index (χ3v) is 4.75. The Kier molecular flexibility index (Phi) is 7.51. The summed E-state index contributed by atoms with van der Waals surface area (Å²) in [7, 11) is 0. The summed E-state index contributed by atoms with van der Waals surface area (Å²) in [5, 5.41) is 2.84. The van der Waals surface area contributed by atoms with Crippen LogP contribution >= 0.6 is 0 Å². The molecule has 1 fully saturated rings. The van der Waals surface area contributed by atoms with Crippen molar-refractivity contribution in [3.8, 4) is 5.88 Å². The number of hydrogen-bond acceptors (Lipinski definition) is 4. The molecule has 0 bridgehead atoms. The highest BCUT2D eigenvalue weighted by Crippen LogP contribution is 2.17. The smallest absolute Gasteiger partial charge is 0.422 e. The predicted octanol–water partition coefficient (Wildman–Crippen LogP) is 3.44. The van der Waals surface area contributed by atoms with Crippen molar-refractivity contribution in [2.45, 2.75) is 25.7 Å². The van der Waals surface area contributed by atoms with Crippen molar-refractivity contribution >= 4 is 6.03 Å². The van der Waals surface area contributed by atoms with Crippen molar-refractivity contribution in [3.63, 3.8) is 0 Å². The van der Waals surface area contributed by atoms with Gasteiger partial charge in [0.05, 0.1) is 0 Å². The van der Waals surface area contributed by atoms with E-state index in [2.05, 4.69) is 32.1 Å². The van der Waals surface area contributed by atoms with Crippen LogP contribution in [0, 0.1) is 0 Å². The van der Waals surface area contributed by atoms with Gasteiger partial charge in [-0.05, 0) is 17.5 Å². The summed E-state index contributed by atoms with van der Waals surface area (Å²) in [5.41, 5.74) is 1.94. The Bertz CT molecular complexity index is 800. The number of carbonyl (C=O) groups is 1. The molecule has 1 aliphatic rings. The zero-order valence-electron chi connectivity index (χ0n) is 16.6. The first kappa shape index (κ1) is 21.9. The first-order chi connectivity index (χ1) is 14.4. The molecule has 1 aromatic heterocycles. The molecule has 9 heteroatoms. The van der Waals surface area contributed by atoms with E-state index in [4.69, 9.17) is 0 Å². The molecule has 0 unspecified atom stereocenters. The van der Waals surface area contributed by atoms with E-state index >= 15 is 0 Å². The van der Waals surface area contributed by atoms with E-state index in [1.165, 1.54) is 17.8 Å². The van der Waals surface area contributed by atoms with Gasteiger partial charge in [-0.25, -0.2) is 9.78 Å². The normalized spacial score (nSPS) is 15.5. The average molecular weight is 422 g/mol. The van der Waals surface area contributed by atoms with Crippen LogP contribution in [-0.4, -0.2) is 59.8 Å². The van der Waals surface area contributed by atoms with Gasteiger partial charge >= 0.3 is 12.2 Å². The van der Waals surface area contributed by atoms with Gasteiger partial charge in [0.25, 0.3) is 0 Å². The van der Waals surface area contributed by atoms with Gasteiger partial charge in [-0.3, -0.25) is 4.90 Å². The minimum Gasteiger partial charge on any atom is -0.468 e. The number of nitrogens with zero attached hydrogens (tertiary/aromatic N) is 3. The molecule has 1 aromatic carbocycles.